The van der Waals surface area contributed by atoms with Gasteiger partial charge in [0.15, 0.2) is 0 Å². The van der Waals surface area contributed by atoms with Gasteiger partial charge in [0.1, 0.15) is 18.0 Å². The molecule has 1 aromatic heterocycles. The molecule has 0 bridgehead atoms. The van der Waals surface area contributed by atoms with Crippen LogP contribution in [0.2, 0.25) is 0 Å². The molecule has 2 aliphatic carbocycles. The third-order valence-corrected chi connectivity index (χ3v) is 5.93. The molecule has 6 nitrogen and oxygen atoms in total. The topological polar surface area (TPSA) is 52.6 Å². The molecule has 0 N–H and O–H groups in total. The minimum atomic E-state index is 0.320. The predicted octanol–water partition coefficient (Wildman–Crippen LogP) is 2.30. The molecule has 4 rings (SSSR count). The van der Waals surface area contributed by atoms with Gasteiger partial charge in [-0.2, -0.15) is 0 Å². The van der Waals surface area contributed by atoms with Crippen LogP contribution in [0.25, 0.3) is 0 Å². The maximum Gasteiger partial charge on any atom is 0.225 e. The molecule has 1 aromatic rings. The quantitative estimate of drug-likeness (QED) is 0.821. The van der Waals surface area contributed by atoms with E-state index in [9.17, 15) is 4.79 Å². The molecule has 136 valence electrons. The van der Waals surface area contributed by atoms with Gasteiger partial charge in [-0.15, -0.1) is 0 Å². The molecule has 1 saturated heterocycles. The van der Waals surface area contributed by atoms with Crippen molar-refractivity contribution < 1.29 is 4.79 Å². The molecule has 0 unspecified atom stereocenters. The van der Waals surface area contributed by atoms with Crippen LogP contribution in [-0.2, 0) is 4.79 Å². The lowest BCUT2D eigenvalue weighted by Gasteiger charge is -2.41. The van der Waals surface area contributed by atoms with Crippen LogP contribution in [0.15, 0.2) is 12.4 Å². The van der Waals surface area contributed by atoms with Crippen LogP contribution in [0.4, 0.5) is 11.6 Å². The summed E-state index contributed by atoms with van der Waals surface area (Å²) in [4.78, 5) is 28.0. The van der Waals surface area contributed by atoms with Gasteiger partial charge in [-0.1, -0.05) is 6.42 Å². The van der Waals surface area contributed by atoms with Crippen molar-refractivity contribution in [2.75, 3.05) is 37.0 Å². The van der Waals surface area contributed by atoms with E-state index in [2.05, 4.69) is 25.8 Å². The number of hydrogen-bond acceptors (Lipinski definition) is 5. The van der Waals surface area contributed by atoms with Crippen LogP contribution in [-0.4, -0.2) is 60.0 Å². The number of carbonyl (C=O) groups excluding carboxylic acids is 1. The Morgan fingerprint density at radius 3 is 2.20 bits per heavy atom. The molecule has 2 heterocycles. The van der Waals surface area contributed by atoms with E-state index >= 15 is 0 Å². The molecule has 1 aliphatic heterocycles. The standard InChI is InChI=1S/C19H29N5O/c1-22(2)17-12-18(21-13-20-17)24(15-6-7-15)16-8-10-23(11-9-16)19(25)14-4-3-5-14/h12-16H,3-11H2,1-2H3. The average Bonchev–Trinajstić information content (AvgIpc) is 3.39. The van der Waals surface area contributed by atoms with Gasteiger partial charge in [-0.3, -0.25) is 4.79 Å². The first-order valence-corrected chi connectivity index (χ1v) is 9.70. The Balaban J connectivity index is 1.44. The second-order valence-electron chi connectivity index (χ2n) is 7.95. The van der Waals surface area contributed by atoms with E-state index in [1.165, 1.54) is 19.3 Å². The van der Waals surface area contributed by atoms with Gasteiger partial charge >= 0.3 is 0 Å². The SMILES string of the molecule is CN(C)c1cc(N(C2CC2)C2CCN(C(=O)C3CCC3)CC2)ncn1. The highest BCUT2D eigenvalue weighted by atomic mass is 16.2. The van der Waals surface area contributed by atoms with E-state index in [-0.39, 0.29) is 0 Å². The predicted molar refractivity (Wildman–Crippen MR) is 98.8 cm³/mol. The van der Waals surface area contributed by atoms with Gasteiger partial charge in [-0.05, 0) is 38.5 Å². The molecule has 0 radical (unpaired) electrons. The van der Waals surface area contributed by atoms with Crippen LogP contribution < -0.4 is 9.80 Å². The zero-order valence-electron chi connectivity index (χ0n) is 15.4. The van der Waals surface area contributed by atoms with Gasteiger partial charge < -0.3 is 14.7 Å². The van der Waals surface area contributed by atoms with Crippen LogP contribution in [0.5, 0.6) is 0 Å². The first-order valence-electron chi connectivity index (χ1n) is 9.70. The number of rotatable bonds is 5. The summed E-state index contributed by atoms with van der Waals surface area (Å²) in [6.07, 6.45) is 9.71. The summed E-state index contributed by atoms with van der Waals surface area (Å²) in [7, 11) is 4.02. The van der Waals surface area contributed by atoms with Crippen LogP contribution in [0.1, 0.15) is 44.9 Å². The van der Waals surface area contributed by atoms with Crippen molar-refractivity contribution >= 4 is 17.5 Å². The Morgan fingerprint density at radius 2 is 1.64 bits per heavy atom. The van der Waals surface area contributed by atoms with E-state index in [0.717, 1.165) is 50.4 Å². The first-order chi connectivity index (χ1) is 12.1. The molecule has 0 spiro atoms. The van der Waals surface area contributed by atoms with Gasteiger partial charge in [0.25, 0.3) is 0 Å². The fraction of sp³-hybridized carbons (Fsp3) is 0.737. The lowest BCUT2D eigenvalue weighted by Crippen LogP contribution is -2.50. The Kier molecular flexibility index (Phi) is 4.52. The van der Waals surface area contributed by atoms with E-state index in [1.807, 2.05) is 19.0 Å². The zero-order valence-corrected chi connectivity index (χ0v) is 15.4. The Morgan fingerprint density at radius 1 is 1.00 bits per heavy atom. The van der Waals surface area contributed by atoms with E-state index < -0.39 is 0 Å². The molecular formula is C19H29N5O. The van der Waals surface area contributed by atoms with Crippen molar-refractivity contribution in [1.29, 1.82) is 0 Å². The minimum absolute atomic E-state index is 0.320. The average molecular weight is 343 g/mol. The maximum atomic E-state index is 12.5. The third kappa shape index (κ3) is 3.44. The number of aromatic nitrogens is 2. The lowest BCUT2D eigenvalue weighted by molar-refractivity contribution is -0.139. The number of amides is 1. The summed E-state index contributed by atoms with van der Waals surface area (Å²) in [5, 5.41) is 0. The lowest BCUT2D eigenvalue weighted by atomic mass is 9.84. The molecule has 3 aliphatic rings. The molecule has 3 fully saturated rings. The highest BCUT2D eigenvalue weighted by Gasteiger charge is 2.38. The van der Waals surface area contributed by atoms with Crippen LogP contribution in [0.3, 0.4) is 0 Å². The third-order valence-electron chi connectivity index (χ3n) is 5.93. The smallest absolute Gasteiger partial charge is 0.225 e. The van der Waals surface area contributed by atoms with Crippen molar-refractivity contribution in [3.8, 4) is 0 Å². The molecule has 0 aromatic carbocycles. The zero-order chi connectivity index (χ0) is 17.4. The van der Waals surface area contributed by atoms with E-state index in [1.54, 1.807) is 6.33 Å². The van der Waals surface area contributed by atoms with Gasteiger partial charge in [0.05, 0.1) is 0 Å². The van der Waals surface area contributed by atoms with Crippen molar-refractivity contribution in [3.05, 3.63) is 12.4 Å². The van der Waals surface area contributed by atoms with Gasteiger partial charge in [0.2, 0.25) is 5.91 Å². The highest BCUT2D eigenvalue weighted by Crippen LogP contribution is 2.36. The van der Waals surface area contributed by atoms with Crippen molar-refractivity contribution in [2.24, 2.45) is 5.92 Å². The first kappa shape index (κ1) is 16.6. The number of likely N-dealkylation sites (tertiary alicyclic amines) is 1. The number of hydrogen-bond donors (Lipinski definition) is 0. The minimum Gasteiger partial charge on any atom is -0.363 e. The van der Waals surface area contributed by atoms with E-state index in [4.69, 9.17) is 0 Å². The summed E-state index contributed by atoms with van der Waals surface area (Å²) in [6, 6.07) is 3.20. The highest BCUT2D eigenvalue weighted by molar-refractivity contribution is 5.79. The molecule has 6 heteroatoms. The second kappa shape index (κ2) is 6.81. The van der Waals surface area contributed by atoms with Crippen LogP contribution >= 0.6 is 0 Å². The van der Waals surface area contributed by atoms with E-state index in [0.29, 0.717) is 23.9 Å². The number of carbonyl (C=O) groups is 1. The van der Waals surface area contributed by atoms with Crippen molar-refractivity contribution in [3.63, 3.8) is 0 Å². The Hall–Kier alpha value is -1.85. The molecule has 2 saturated carbocycles. The summed E-state index contributed by atoms with van der Waals surface area (Å²) in [5.74, 6) is 2.72. The molecule has 25 heavy (non-hydrogen) atoms. The Labute approximate surface area is 150 Å². The van der Waals surface area contributed by atoms with Crippen molar-refractivity contribution in [2.45, 2.75) is 57.0 Å². The molecular weight excluding hydrogens is 314 g/mol. The fourth-order valence-corrected chi connectivity index (χ4v) is 4.03. The second-order valence-corrected chi connectivity index (χ2v) is 7.95. The normalized spacial score (nSPS) is 21.8. The summed E-state index contributed by atoms with van der Waals surface area (Å²) >= 11 is 0. The monoisotopic (exact) mass is 343 g/mol. The largest absolute Gasteiger partial charge is 0.363 e. The van der Waals surface area contributed by atoms with Gasteiger partial charge in [-0.25, -0.2) is 9.97 Å². The molecule has 0 atom stereocenters. The number of nitrogens with zero attached hydrogens (tertiary/aromatic N) is 5. The Bertz CT molecular complexity index is 618. The summed E-state index contributed by atoms with van der Waals surface area (Å²) in [5.41, 5.74) is 0. The number of piperidine rings is 1. The van der Waals surface area contributed by atoms with Gasteiger partial charge in [0, 0.05) is 51.3 Å². The summed E-state index contributed by atoms with van der Waals surface area (Å²) < 4.78 is 0. The van der Waals surface area contributed by atoms with Crippen molar-refractivity contribution in [1.82, 2.24) is 14.9 Å². The van der Waals surface area contributed by atoms with Crippen LogP contribution in [0, 0.1) is 5.92 Å². The molecule has 1 amide bonds. The number of anilines is 2. The summed E-state index contributed by atoms with van der Waals surface area (Å²) in [6.45, 7) is 1.80. The maximum absolute atomic E-state index is 12.5. The fourth-order valence-electron chi connectivity index (χ4n) is 4.03.